The largest absolute Gasteiger partial charge is 0.396 e. The van der Waals surface area contributed by atoms with Gasteiger partial charge in [0.15, 0.2) is 0 Å². The monoisotopic (exact) mass is 734 g/mol. The first-order valence-electron chi connectivity index (χ1n) is 18.8. The Morgan fingerprint density at radius 1 is 0.420 bits per heavy atom. The third-order valence-electron chi connectivity index (χ3n) is 7.22. The first kappa shape index (κ1) is 55.9. The maximum Gasteiger partial charge on any atom is 0.119 e. The van der Waals surface area contributed by atoms with Crippen LogP contribution in [0.2, 0.25) is 0 Å². The Kier molecular flexibility index (Phi) is 51.6. The molecule has 306 valence electrons. The molecule has 8 N–H and O–H groups in total. The molecule has 0 aliphatic heterocycles. The first-order chi connectivity index (χ1) is 24.4. The summed E-state index contributed by atoms with van der Waals surface area (Å²) in [4.78, 5) is 13.0. The molecule has 0 aromatic heterocycles. The second kappa shape index (κ2) is 46.2. The van der Waals surface area contributed by atoms with Crippen molar-refractivity contribution in [2.24, 2.45) is 35.5 Å². The van der Waals surface area contributed by atoms with E-state index in [-0.39, 0.29) is 118 Å². The summed E-state index contributed by atoms with van der Waals surface area (Å²) in [6.45, 7) is 13.9. The van der Waals surface area contributed by atoms with Crippen LogP contribution in [0.3, 0.4) is 0 Å². The Morgan fingerprint density at radius 2 is 0.680 bits per heavy atom. The van der Waals surface area contributed by atoms with E-state index in [0.717, 1.165) is 25.5 Å². The predicted molar refractivity (Wildman–Crippen MR) is 196 cm³/mol. The van der Waals surface area contributed by atoms with E-state index in [1.807, 2.05) is 41.5 Å². The van der Waals surface area contributed by atoms with E-state index in [1.54, 1.807) is 0 Å². The number of hydrogen-bond acceptors (Lipinski definition) is 14. The number of ether oxygens (including phenoxy) is 4. The number of rotatable bonds is 34. The third-order valence-corrected chi connectivity index (χ3v) is 7.22. The Balaban J connectivity index is -0.00000166. The van der Waals surface area contributed by atoms with Crippen LogP contribution in [0, 0.1) is 35.5 Å². The Hall–Kier alpha value is -0.850. The predicted octanol–water partition coefficient (Wildman–Crippen LogP) is 0.828. The Labute approximate surface area is 303 Å². The zero-order valence-electron chi connectivity index (χ0n) is 32.4. The summed E-state index contributed by atoms with van der Waals surface area (Å²) in [6, 6.07) is 0. The average Bonchev–Trinajstić information content (AvgIpc) is 3.17. The minimum Gasteiger partial charge on any atom is -0.396 e. The molecule has 0 amide bonds. The first-order valence-corrected chi connectivity index (χ1v) is 18.8. The van der Waals surface area contributed by atoms with Crippen LogP contribution in [-0.4, -0.2) is 177 Å². The van der Waals surface area contributed by atoms with Crippen LogP contribution in [-0.2, 0) is 23.7 Å². The summed E-state index contributed by atoms with van der Waals surface area (Å²) < 4.78 is 23.3. The highest BCUT2D eigenvalue weighted by molar-refractivity contribution is 5.48. The van der Waals surface area contributed by atoms with Gasteiger partial charge in [-0.3, -0.25) is 0 Å². The third kappa shape index (κ3) is 34.2. The molecule has 0 saturated heterocycles. The molecule has 0 spiro atoms. The maximum atomic E-state index is 10.8. The zero-order chi connectivity index (χ0) is 38.8. The van der Waals surface area contributed by atoms with E-state index >= 15 is 0 Å². The summed E-state index contributed by atoms with van der Waals surface area (Å²) in [6.07, 6.45) is 3.87. The molecule has 0 radical (unpaired) electrons. The molecule has 0 aliphatic carbocycles. The van der Waals surface area contributed by atoms with E-state index < -0.39 is 23.7 Å². The standard InChI is InChI=1S/C30H61NO13.3C2H6/c32-6-4-2-1-3-5-31(7-25(17-41-21-27(9-33)10-34)18-42-22-28(11-35)12-36)8-26(19-43-23-29(13-37)14-38)20-44-24-30(15-39)16-40;3*1-2/h6,25-30,33-40H,1-5,7-24H2;3*1-2H3. The summed E-state index contributed by atoms with van der Waals surface area (Å²) in [5.41, 5.74) is 0. The van der Waals surface area contributed by atoms with Gasteiger partial charge in [-0.05, 0) is 19.4 Å². The summed E-state index contributed by atoms with van der Waals surface area (Å²) in [5, 5.41) is 75.2. The number of unbranched alkanes of at least 4 members (excludes halogenated alkanes) is 3. The Bertz CT molecular complexity index is 531. The van der Waals surface area contributed by atoms with Crippen LogP contribution in [0.5, 0.6) is 0 Å². The second-order valence-corrected chi connectivity index (χ2v) is 11.6. The van der Waals surface area contributed by atoms with Crippen molar-refractivity contribution in [2.75, 3.05) is 125 Å². The van der Waals surface area contributed by atoms with Gasteiger partial charge in [0.05, 0.1) is 106 Å². The van der Waals surface area contributed by atoms with E-state index in [1.165, 1.54) is 0 Å². The van der Waals surface area contributed by atoms with E-state index in [4.69, 9.17) is 18.9 Å². The van der Waals surface area contributed by atoms with Gasteiger partial charge in [-0.15, -0.1) is 0 Å². The number of aliphatic hydroxyl groups excluding tert-OH is 8. The van der Waals surface area contributed by atoms with Crippen LogP contribution < -0.4 is 0 Å². The van der Waals surface area contributed by atoms with Crippen LogP contribution >= 0.6 is 0 Å². The minimum absolute atomic E-state index is 0.134. The van der Waals surface area contributed by atoms with Crippen molar-refractivity contribution in [3.8, 4) is 0 Å². The van der Waals surface area contributed by atoms with Crippen molar-refractivity contribution in [1.29, 1.82) is 0 Å². The van der Waals surface area contributed by atoms with E-state index in [2.05, 4.69) is 4.90 Å². The van der Waals surface area contributed by atoms with E-state index in [0.29, 0.717) is 26.1 Å². The van der Waals surface area contributed by atoms with Crippen LogP contribution in [0.4, 0.5) is 0 Å². The summed E-state index contributed by atoms with van der Waals surface area (Å²) >= 11 is 0. The number of carbonyl (C=O) groups excluding carboxylic acids is 1. The lowest BCUT2D eigenvalue weighted by molar-refractivity contribution is -0.107. The molecule has 0 fully saturated rings. The van der Waals surface area contributed by atoms with Crippen molar-refractivity contribution in [2.45, 2.75) is 67.2 Å². The molecule has 0 saturated carbocycles. The fourth-order valence-corrected chi connectivity index (χ4v) is 4.29. The molecular weight excluding hydrogens is 654 g/mol. The fourth-order valence-electron chi connectivity index (χ4n) is 4.29. The van der Waals surface area contributed by atoms with Crippen LogP contribution in [0.25, 0.3) is 0 Å². The second-order valence-electron chi connectivity index (χ2n) is 11.6. The quantitative estimate of drug-likeness (QED) is 0.0340. The molecule has 0 atom stereocenters. The van der Waals surface area contributed by atoms with Crippen molar-refractivity contribution in [3.05, 3.63) is 0 Å². The zero-order valence-corrected chi connectivity index (χ0v) is 32.4. The normalized spacial score (nSPS) is 11.3. The molecule has 0 rings (SSSR count). The highest BCUT2D eigenvalue weighted by atomic mass is 16.5. The van der Waals surface area contributed by atoms with Crippen molar-refractivity contribution >= 4 is 6.29 Å². The molecule has 0 aromatic rings. The molecular formula is C36H79NO13. The van der Waals surface area contributed by atoms with Crippen LogP contribution in [0.1, 0.15) is 67.2 Å². The number of aliphatic hydroxyl groups is 8. The van der Waals surface area contributed by atoms with Crippen molar-refractivity contribution in [1.82, 2.24) is 4.90 Å². The summed E-state index contributed by atoms with van der Waals surface area (Å²) in [5.74, 6) is -1.88. The topological polar surface area (TPSA) is 219 Å². The highest BCUT2D eigenvalue weighted by Crippen LogP contribution is 2.13. The molecule has 0 aliphatic rings. The highest BCUT2D eigenvalue weighted by Gasteiger charge is 2.22. The van der Waals surface area contributed by atoms with Gasteiger partial charge in [-0.2, -0.15) is 0 Å². The SMILES string of the molecule is CC.CC.CC.O=CCCCCCN(CC(COCC(CO)CO)COCC(CO)CO)CC(COCC(CO)CO)COCC(CO)CO. The molecule has 14 heteroatoms. The lowest BCUT2D eigenvalue weighted by Gasteiger charge is -2.31. The lowest BCUT2D eigenvalue weighted by Crippen LogP contribution is -2.40. The molecule has 50 heavy (non-hydrogen) atoms. The minimum atomic E-state index is -0.402. The van der Waals surface area contributed by atoms with Crippen molar-refractivity contribution < 1.29 is 64.6 Å². The number of hydrogen-bond donors (Lipinski definition) is 8. The van der Waals surface area contributed by atoms with Gasteiger partial charge in [-0.25, -0.2) is 0 Å². The average molecular weight is 734 g/mol. The van der Waals surface area contributed by atoms with Crippen molar-refractivity contribution in [3.63, 3.8) is 0 Å². The molecule has 0 heterocycles. The molecule has 14 nitrogen and oxygen atoms in total. The van der Waals surface area contributed by atoms with Gasteiger partial charge in [0.2, 0.25) is 0 Å². The Morgan fingerprint density at radius 3 is 0.920 bits per heavy atom. The fraction of sp³-hybridized carbons (Fsp3) is 0.972. The van der Waals surface area contributed by atoms with Gasteiger partial charge in [0.25, 0.3) is 0 Å². The molecule has 0 aromatic carbocycles. The van der Waals surface area contributed by atoms with Gasteiger partial charge in [-0.1, -0.05) is 48.0 Å². The van der Waals surface area contributed by atoms with Gasteiger partial charge in [0.1, 0.15) is 6.29 Å². The molecule has 0 unspecified atom stereocenters. The summed E-state index contributed by atoms with van der Waals surface area (Å²) in [7, 11) is 0. The van der Waals surface area contributed by atoms with Gasteiger partial charge >= 0.3 is 0 Å². The van der Waals surface area contributed by atoms with Crippen LogP contribution in [0.15, 0.2) is 0 Å². The lowest BCUT2D eigenvalue weighted by atomic mass is 10.1. The van der Waals surface area contributed by atoms with Gasteiger partial charge < -0.3 is 69.5 Å². The molecule has 0 bridgehead atoms. The van der Waals surface area contributed by atoms with Gasteiger partial charge in [0, 0.05) is 55.0 Å². The van der Waals surface area contributed by atoms with E-state index in [9.17, 15) is 45.6 Å². The maximum absolute atomic E-state index is 10.8. The number of aldehydes is 1. The smallest absolute Gasteiger partial charge is 0.119 e. The number of nitrogens with zero attached hydrogens (tertiary/aromatic N) is 1. The number of carbonyl (C=O) groups is 1.